The Balaban J connectivity index is 0.000000266. The Kier molecular flexibility index (Phi) is 18.8. The summed E-state index contributed by atoms with van der Waals surface area (Å²) in [5.41, 5.74) is 0. The molecule has 4 fully saturated rings. The third kappa shape index (κ3) is 16.2. The van der Waals surface area contributed by atoms with Crippen molar-refractivity contribution in [2.45, 2.75) is 65.2 Å². The molecule has 0 radical (unpaired) electrons. The van der Waals surface area contributed by atoms with Crippen LogP contribution in [0.15, 0.2) is 0 Å². The second-order valence-corrected chi connectivity index (χ2v) is 5.63. The van der Waals surface area contributed by atoms with Gasteiger partial charge in [-0.25, -0.2) is 0 Å². The highest BCUT2D eigenvalue weighted by molar-refractivity contribution is 4.46. The highest BCUT2D eigenvalue weighted by atomic mass is 16.5. The van der Waals surface area contributed by atoms with Gasteiger partial charge in [0.2, 0.25) is 0 Å². The Hall–Kier alpha value is -0.160. The minimum absolute atomic E-state index is 0. The van der Waals surface area contributed by atoms with E-state index >= 15 is 0 Å². The number of rotatable bonds is 0. The van der Waals surface area contributed by atoms with Crippen molar-refractivity contribution in [3.63, 3.8) is 0 Å². The van der Waals surface area contributed by atoms with E-state index in [1.54, 1.807) is 0 Å². The average molecular weight is 318 g/mol. The van der Waals surface area contributed by atoms with Gasteiger partial charge in [-0.1, -0.05) is 7.43 Å². The highest BCUT2D eigenvalue weighted by Crippen LogP contribution is 2.02. The van der Waals surface area contributed by atoms with Crippen LogP contribution in [-0.2, 0) is 18.9 Å². The zero-order chi connectivity index (χ0) is 14.8. The summed E-state index contributed by atoms with van der Waals surface area (Å²) in [5.74, 6) is 0. The zero-order valence-corrected chi connectivity index (χ0v) is 13.7. The van der Waals surface area contributed by atoms with Crippen LogP contribution in [0, 0.1) is 0 Å². The lowest BCUT2D eigenvalue weighted by molar-refractivity contribution is 0.0367. The predicted octanol–water partition coefficient (Wildman–Crippen LogP) is 4.21. The van der Waals surface area contributed by atoms with Crippen LogP contribution in [-0.4, -0.2) is 52.9 Å². The molecular weight excluding hydrogens is 280 g/mol. The van der Waals surface area contributed by atoms with Gasteiger partial charge in [-0.05, 0) is 57.8 Å². The Morgan fingerprint density at radius 1 is 0.273 bits per heavy atom. The number of ether oxygens (including phenoxy) is 4. The molecule has 4 saturated heterocycles. The van der Waals surface area contributed by atoms with Gasteiger partial charge in [0.1, 0.15) is 0 Å². The van der Waals surface area contributed by atoms with E-state index in [-0.39, 0.29) is 7.43 Å². The van der Waals surface area contributed by atoms with Crippen LogP contribution in [0.1, 0.15) is 65.2 Å². The van der Waals surface area contributed by atoms with E-state index < -0.39 is 0 Å². The first kappa shape index (κ1) is 21.8. The van der Waals surface area contributed by atoms with Crippen LogP contribution < -0.4 is 0 Å². The summed E-state index contributed by atoms with van der Waals surface area (Å²) in [7, 11) is 0. The quantitative estimate of drug-likeness (QED) is 0.670. The molecule has 4 rings (SSSR count). The van der Waals surface area contributed by atoms with Crippen LogP contribution in [0.5, 0.6) is 0 Å². The van der Waals surface area contributed by atoms with E-state index in [9.17, 15) is 0 Å². The molecule has 0 bridgehead atoms. The van der Waals surface area contributed by atoms with Crippen LogP contribution in [0.3, 0.4) is 0 Å². The van der Waals surface area contributed by atoms with E-state index in [0.717, 1.165) is 52.9 Å². The van der Waals surface area contributed by atoms with Gasteiger partial charge in [0.05, 0.1) is 0 Å². The second-order valence-electron chi connectivity index (χ2n) is 5.63. The molecule has 0 aromatic heterocycles. The van der Waals surface area contributed by atoms with Crippen molar-refractivity contribution in [1.29, 1.82) is 0 Å². The second kappa shape index (κ2) is 18.9. The van der Waals surface area contributed by atoms with Crippen molar-refractivity contribution in [1.82, 2.24) is 0 Å². The molecule has 0 aliphatic carbocycles. The fourth-order valence-electron chi connectivity index (χ4n) is 2.03. The summed E-state index contributed by atoms with van der Waals surface area (Å²) in [6, 6.07) is 0. The van der Waals surface area contributed by atoms with Crippen molar-refractivity contribution >= 4 is 0 Å². The maximum absolute atomic E-state index is 5.07. The molecule has 22 heavy (non-hydrogen) atoms. The van der Waals surface area contributed by atoms with Gasteiger partial charge in [0, 0.05) is 52.9 Å². The molecule has 0 atom stereocenters. The number of hydrogen-bond donors (Lipinski definition) is 0. The normalized spacial score (nSPS) is 22.9. The van der Waals surface area contributed by atoms with E-state index in [1.165, 1.54) is 57.8 Å². The van der Waals surface area contributed by atoms with E-state index in [2.05, 4.69) is 0 Å². The van der Waals surface area contributed by atoms with Crippen molar-refractivity contribution in [3.05, 3.63) is 0 Å². The molecule has 0 spiro atoms. The summed E-state index contributed by atoms with van der Waals surface area (Å²) in [5, 5.41) is 0. The Morgan fingerprint density at radius 2 is 0.500 bits per heavy atom. The molecule has 0 aromatic carbocycles. The first-order chi connectivity index (χ1) is 10.5. The van der Waals surface area contributed by atoms with E-state index in [0.29, 0.717) is 0 Å². The van der Waals surface area contributed by atoms with Crippen molar-refractivity contribution in [2.75, 3.05) is 52.9 Å². The molecule has 0 aromatic rings. The van der Waals surface area contributed by atoms with Gasteiger partial charge in [0.15, 0.2) is 0 Å². The van der Waals surface area contributed by atoms with Gasteiger partial charge >= 0.3 is 0 Å². The summed E-state index contributed by atoms with van der Waals surface area (Å²) >= 11 is 0. The molecule has 4 aliphatic rings. The van der Waals surface area contributed by atoms with E-state index in [4.69, 9.17) is 18.9 Å². The first-order valence-electron chi connectivity index (χ1n) is 8.81. The minimum atomic E-state index is 0. The molecule has 4 nitrogen and oxygen atoms in total. The zero-order valence-electron chi connectivity index (χ0n) is 13.7. The van der Waals surface area contributed by atoms with Gasteiger partial charge < -0.3 is 18.9 Å². The van der Waals surface area contributed by atoms with E-state index in [1.807, 2.05) is 0 Å². The standard InChI is InChI=1S/2C5H10O.C4H8O.C3H6O.CH4/c2*1-2-4-6-5-3-1;1-2-4-5-3-1;1-2-4-3-1;/h2*1-5H2;1-4H2;1-3H2;1H4. The van der Waals surface area contributed by atoms with Gasteiger partial charge in [-0.2, -0.15) is 0 Å². The average Bonchev–Trinajstić information content (AvgIpc) is 3.09. The molecule has 4 heterocycles. The first-order valence-corrected chi connectivity index (χ1v) is 8.81. The summed E-state index contributed by atoms with van der Waals surface area (Å²) in [4.78, 5) is 0. The predicted molar refractivity (Wildman–Crippen MR) is 91.6 cm³/mol. The fourth-order valence-corrected chi connectivity index (χ4v) is 2.03. The van der Waals surface area contributed by atoms with Crippen molar-refractivity contribution in [3.8, 4) is 0 Å². The summed E-state index contributed by atoms with van der Waals surface area (Å²) < 4.78 is 19.8. The Bertz CT molecular complexity index is 137. The van der Waals surface area contributed by atoms with Crippen molar-refractivity contribution in [2.24, 2.45) is 0 Å². The van der Waals surface area contributed by atoms with Gasteiger partial charge in [0.25, 0.3) is 0 Å². The third-order valence-corrected chi connectivity index (χ3v) is 3.56. The number of hydrogen-bond acceptors (Lipinski definition) is 4. The fraction of sp³-hybridized carbons (Fsp3) is 1.00. The molecular formula is C18H38O4. The molecule has 4 aliphatic heterocycles. The molecule has 0 unspecified atom stereocenters. The van der Waals surface area contributed by atoms with Crippen molar-refractivity contribution < 1.29 is 18.9 Å². The van der Waals surface area contributed by atoms with Gasteiger partial charge in [-0.3, -0.25) is 0 Å². The topological polar surface area (TPSA) is 36.9 Å². The largest absolute Gasteiger partial charge is 0.381 e. The third-order valence-electron chi connectivity index (χ3n) is 3.56. The summed E-state index contributed by atoms with van der Waals surface area (Å²) in [6.07, 6.45) is 11.7. The highest BCUT2D eigenvalue weighted by Gasteiger charge is 1.96. The van der Waals surface area contributed by atoms with Crippen LogP contribution in [0.4, 0.5) is 0 Å². The molecule has 4 heteroatoms. The lowest BCUT2D eigenvalue weighted by Gasteiger charge is -2.09. The molecule has 0 amide bonds. The van der Waals surface area contributed by atoms with Crippen LogP contribution in [0.25, 0.3) is 0 Å². The monoisotopic (exact) mass is 318 g/mol. The minimum Gasteiger partial charge on any atom is -0.381 e. The molecule has 0 N–H and O–H groups in total. The molecule has 134 valence electrons. The molecule has 0 saturated carbocycles. The Morgan fingerprint density at radius 3 is 0.591 bits per heavy atom. The maximum Gasteiger partial charge on any atom is 0.0488 e. The SMILES string of the molecule is C.C1CCOC1.C1CCOCC1.C1CCOCC1.C1COC1. The maximum atomic E-state index is 5.07. The Labute approximate surface area is 137 Å². The summed E-state index contributed by atoms with van der Waals surface area (Å²) in [6.45, 7) is 8.00. The van der Waals surface area contributed by atoms with Crippen LogP contribution >= 0.6 is 0 Å². The van der Waals surface area contributed by atoms with Gasteiger partial charge in [-0.15, -0.1) is 0 Å². The lowest BCUT2D eigenvalue weighted by Crippen LogP contribution is -2.09. The van der Waals surface area contributed by atoms with Crippen LogP contribution in [0.2, 0.25) is 0 Å². The lowest BCUT2D eigenvalue weighted by atomic mass is 10.2. The smallest absolute Gasteiger partial charge is 0.0488 e.